The van der Waals surface area contributed by atoms with Crippen LogP contribution in [0.3, 0.4) is 0 Å². The van der Waals surface area contributed by atoms with E-state index in [-0.39, 0.29) is 5.78 Å². The normalized spacial score (nSPS) is 10.5. The molecule has 114 valence electrons. The number of rotatable bonds is 4. The second-order valence-corrected chi connectivity index (χ2v) is 5.97. The zero-order chi connectivity index (χ0) is 16.2. The van der Waals surface area contributed by atoms with E-state index in [4.69, 9.17) is 23.2 Å². The molecule has 2 aromatic carbocycles. The molecule has 0 aliphatic rings. The molecule has 0 fully saturated rings. The van der Waals surface area contributed by atoms with Crippen molar-refractivity contribution in [2.24, 2.45) is 0 Å². The summed E-state index contributed by atoms with van der Waals surface area (Å²) < 4.78 is 1.91. The summed E-state index contributed by atoms with van der Waals surface area (Å²) in [7, 11) is 0. The predicted molar refractivity (Wildman–Crippen MR) is 92.1 cm³/mol. The zero-order valence-electron chi connectivity index (χ0n) is 12.2. The molecule has 0 atom stereocenters. The molecule has 0 unspecified atom stereocenters. The van der Waals surface area contributed by atoms with Crippen molar-refractivity contribution in [3.8, 4) is 0 Å². The lowest BCUT2D eigenvalue weighted by atomic mass is 10.1. The number of carbonyl (C=O) groups is 1. The van der Waals surface area contributed by atoms with Gasteiger partial charge in [-0.15, -0.1) is 0 Å². The van der Waals surface area contributed by atoms with Crippen LogP contribution in [0, 0.1) is 0 Å². The molecular formula is C19H14Cl2NO+. The lowest BCUT2D eigenvalue weighted by Gasteiger charge is -2.05. The highest BCUT2D eigenvalue weighted by Crippen LogP contribution is 2.23. The maximum absolute atomic E-state index is 12.5. The number of carbonyl (C=O) groups excluding carboxylic acids is 1. The van der Waals surface area contributed by atoms with Gasteiger partial charge in [0.05, 0.1) is 21.2 Å². The summed E-state index contributed by atoms with van der Waals surface area (Å²) in [5, 5.41) is 1.23. The molecule has 3 rings (SSSR count). The van der Waals surface area contributed by atoms with E-state index in [0.717, 1.165) is 5.56 Å². The first-order chi connectivity index (χ1) is 11.1. The first-order valence-corrected chi connectivity index (χ1v) is 7.92. The summed E-state index contributed by atoms with van der Waals surface area (Å²) in [5.41, 5.74) is 2.13. The van der Waals surface area contributed by atoms with Crippen LogP contribution in [0.4, 0.5) is 0 Å². The quantitative estimate of drug-likeness (QED) is 0.503. The highest BCUT2D eigenvalue weighted by molar-refractivity contribution is 6.35. The number of pyridine rings is 1. The minimum absolute atomic E-state index is 0.00907. The molecule has 0 radical (unpaired) electrons. The largest absolute Gasteiger partial charge is 0.288 e. The molecule has 0 aliphatic heterocycles. The molecule has 0 saturated carbocycles. The van der Waals surface area contributed by atoms with Gasteiger partial charge in [-0.2, -0.15) is 4.57 Å². The first-order valence-electron chi connectivity index (χ1n) is 7.17. The summed E-state index contributed by atoms with van der Waals surface area (Å²) in [6.07, 6.45) is 3.70. The smallest absolute Gasteiger partial charge is 0.199 e. The van der Waals surface area contributed by atoms with Gasteiger partial charge in [0, 0.05) is 11.6 Å². The lowest BCUT2D eigenvalue weighted by Crippen LogP contribution is -2.34. The molecular weight excluding hydrogens is 329 g/mol. The first kappa shape index (κ1) is 15.7. The fourth-order valence-electron chi connectivity index (χ4n) is 2.38. The zero-order valence-corrected chi connectivity index (χ0v) is 13.8. The molecule has 0 spiro atoms. The Bertz CT molecular complexity index is 827. The fourth-order valence-corrected chi connectivity index (χ4v) is 2.89. The van der Waals surface area contributed by atoms with Gasteiger partial charge >= 0.3 is 0 Å². The number of benzene rings is 2. The van der Waals surface area contributed by atoms with Gasteiger partial charge in [-0.25, -0.2) is 0 Å². The van der Waals surface area contributed by atoms with E-state index in [1.807, 2.05) is 71.6 Å². The highest BCUT2D eigenvalue weighted by atomic mass is 35.5. The van der Waals surface area contributed by atoms with Gasteiger partial charge in [0.2, 0.25) is 0 Å². The van der Waals surface area contributed by atoms with Crippen molar-refractivity contribution in [3.63, 3.8) is 0 Å². The molecule has 0 bridgehead atoms. The Hall–Kier alpha value is -2.16. The van der Waals surface area contributed by atoms with Gasteiger partial charge in [0.1, 0.15) is 0 Å². The maximum Gasteiger partial charge on any atom is 0.199 e. The van der Waals surface area contributed by atoms with Crippen molar-refractivity contribution >= 4 is 29.0 Å². The molecule has 3 aromatic rings. The third-order valence-corrected chi connectivity index (χ3v) is 4.27. The van der Waals surface area contributed by atoms with Gasteiger partial charge in [-0.1, -0.05) is 59.6 Å². The number of hydrogen-bond donors (Lipinski definition) is 0. The van der Waals surface area contributed by atoms with Gasteiger partial charge in [0.25, 0.3) is 0 Å². The number of hydrogen-bond acceptors (Lipinski definition) is 1. The topological polar surface area (TPSA) is 20.9 Å². The van der Waals surface area contributed by atoms with Gasteiger partial charge < -0.3 is 0 Å². The highest BCUT2D eigenvalue weighted by Gasteiger charge is 2.15. The van der Waals surface area contributed by atoms with Crippen LogP contribution < -0.4 is 4.57 Å². The van der Waals surface area contributed by atoms with Crippen LogP contribution in [-0.4, -0.2) is 5.78 Å². The van der Waals surface area contributed by atoms with E-state index < -0.39 is 0 Å². The third kappa shape index (κ3) is 3.61. The van der Waals surface area contributed by atoms with E-state index in [9.17, 15) is 4.79 Å². The van der Waals surface area contributed by atoms with Crippen LogP contribution in [0.1, 0.15) is 21.5 Å². The van der Waals surface area contributed by atoms with Crippen molar-refractivity contribution in [1.29, 1.82) is 0 Å². The summed E-state index contributed by atoms with van der Waals surface area (Å²) in [5.74, 6) is -0.00907. The monoisotopic (exact) mass is 342 g/mol. The van der Waals surface area contributed by atoms with Gasteiger partial charge in [-0.3, -0.25) is 4.79 Å². The van der Waals surface area contributed by atoms with E-state index in [2.05, 4.69) is 0 Å². The van der Waals surface area contributed by atoms with Crippen molar-refractivity contribution in [1.82, 2.24) is 0 Å². The predicted octanol–water partition coefficient (Wildman–Crippen LogP) is 4.56. The van der Waals surface area contributed by atoms with Crippen molar-refractivity contribution in [2.45, 2.75) is 6.54 Å². The molecule has 0 amide bonds. The van der Waals surface area contributed by atoms with E-state index >= 15 is 0 Å². The Labute approximate surface area is 144 Å². The number of aromatic nitrogens is 1. The molecule has 4 heteroatoms. The summed E-state index contributed by atoms with van der Waals surface area (Å²) in [6.45, 7) is 0.508. The van der Waals surface area contributed by atoms with Crippen LogP contribution >= 0.6 is 23.2 Å². The standard InChI is InChI=1S/C19H14Cl2NO/c20-17-9-4-10-18(21)16(17)13-22-11-5-8-15(12-22)19(23)14-6-2-1-3-7-14/h1-12H,13H2/q+1. The van der Waals surface area contributed by atoms with Gasteiger partial charge in [0.15, 0.2) is 24.7 Å². The molecule has 1 heterocycles. The second kappa shape index (κ2) is 6.95. The Morgan fingerprint density at radius 1 is 0.826 bits per heavy atom. The minimum atomic E-state index is -0.00907. The summed E-state index contributed by atoms with van der Waals surface area (Å²) in [4.78, 5) is 12.5. The van der Waals surface area contributed by atoms with Crippen LogP contribution in [0.2, 0.25) is 10.0 Å². The molecule has 0 aliphatic carbocycles. The molecule has 0 saturated heterocycles. The van der Waals surface area contributed by atoms with E-state index in [1.165, 1.54) is 0 Å². The Kier molecular flexibility index (Phi) is 4.75. The fraction of sp³-hybridized carbons (Fsp3) is 0.0526. The Morgan fingerprint density at radius 3 is 2.17 bits per heavy atom. The van der Waals surface area contributed by atoms with Gasteiger partial charge in [-0.05, 0) is 18.2 Å². The molecule has 2 nitrogen and oxygen atoms in total. The minimum Gasteiger partial charge on any atom is -0.288 e. The SMILES string of the molecule is O=C(c1ccccc1)c1ccc[n+](Cc2c(Cl)cccc2Cl)c1. The van der Waals surface area contributed by atoms with Crippen LogP contribution in [0.15, 0.2) is 73.1 Å². The van der Waals surface area contributed by atoms with Crippen molar-refractivity contribution < 1.29 is 9.36 Å². The van der Waals surface area contributed by atoms with Crippen molar-refractivity contribution in [2.75, 3.05) is 0 Å². The summed E-state index contributed by atoms with van der Waals surface area (Å²) >= 11 is 12.4. The van der Waals surface area contributed by atoms with Crippen LogP contribution in [0.5, 0.6) is 0 Å². The van der Waals surface area contributed by atoms with E-state index in [1.54, 1.807) is 6.07 Å². The molecule has 1 aromatic heterocycles. The number of halogens is 2. The number of ketones is 1. The Morgan fingerprint density at radius 2 is 1.48 bits per heavy atom. The summed E-state index contributed by atoms with van der Waals surface area (Å²) in [6, 6.07) is 18.3. The molecule has 23 heavy (non-hydrogen) atoms. The third-order valence-electron chi connectivity index (χ3n) is 3.56. The maximum atomic E-state index is 12.5. The van der Waals surface area contributed by atoms with Crippen LogP contribution in [-0.2, 0) is 6.54 Å². The molecule has 0 N–H and O–H groups in total. The second-order valence-electron chi connectivity index (χ2n) is 5.16. The average molecular weight is 343 g/mol. The lowest BCUT2D eigenvalue weighted by molar-refractivity contribution is -0.688. The van der Waals surface area contributed by atoms with E-state index in [0.29, 0.717) is 27.7 Å². The average Bonchev–Trinajstić information content (AvgIpc) is 2.59. The van der Waals surface area contributed by atoms with Crippen LogP contribution in [0.25, 0.3) is 0 Å². The Balaban J connectivity index is 1.90. The number of nitrogens with zero attached hydrogens (tertiary/aromatic N) is 1. The van der Waals surface area contributed by atoms with Crippen molar-refractivity contribution in [3.05, 3.63) is 99.8 Å².